The van der Waals surface area contributed by atoms with Crippen LogP contribution in [0.4, 0.5) is 5.95 Å². The van der Waals surface area contributed by atoms with Gasteiger partial charge < -0.3 is 0 Å². The molecule has 1 aromatic heterocycles. The largest absolute Gasteiger partial charge is 0.275 e. The van der Waals surface area contributed by atoms with Gasteiger partial charge >= 0.3 is 0 Å². The van der Waals surface area contributed by atoms with Crippen molar-refractivity contribution in [3.63, 3.8) is 0 Å². The predicted molar refractivity (Wildman–Crippen MR) is 69.4 cm³/mol. The Morgan fingerprint density at radius 1 is 1.44 bits per heavy atom. The minimum Gasteiger partial charge on any atom is -0.275 e. The van der Waals surface area contributed by atoms with Gasteiger partial charge in [-0.15, -0.1) is 23.4 Å². The van der Waals surface area contributed by atoms with Gasteiger partial charge in [0.15, 0.2) is 0 Å². The van der Waals surface area contributed by atoms with E-state index in [9.17, 15) is 4.79 Å². The minimum absolute atomic E-state index is 0.0530. The molecule has 6 heteroatoms. The Morgan fingerprint density at radius 2 is 2.22 bits per heavy atom. The van der Waals surface area contributed by atoms with Crippen LogP contribution < -0.4 is 4.90 Å². The van der Waals surface area contributed by atoms with Crippen molar-refractivity contribution >= 4 is 17.6 Å². The van der Waals surface area contributed by atoms with E-state index in [2.05, 4.69) is 28.5 Å². The average molecular weight is 245 g/mol. The Morgan fingerprint density at radius 3 is 2.89 bits per heavy atom. The first-order chi connectivity index (χ1) is 8.69. The van der Waals surface area contributed by atoms with E-state index in [4.69, 9.17) is 0 Å². The van der Waals surface area contributed by atoms with Crippen LogP contribution in [-0.2, 0) is 4.79 Å². The van der Waals surface area contributed by atoms with Gasteiger partial charge in [0.05, 0.1) is 5.92 Å². The van der Waals surface area contributed by atoms with Crippen LogP contribution in [0, 0.1) is 5.92 Å². The zero-order chi connectivity index (χ0) is 13.1. The molecule has 2 heterocycles. The molecule has 1 amide bonds. The van der Waals surface area contributed by atoms with Crippen molar-refractivity contribution in [3.05, 3.63) is 31.6 Å². The maximum atomic E-state index is 12.5. The summed E-state index contributed by atoms with van der Waals surface area (Å²) in [6.45, 7) is 9.55. The van der Waals surface area contributed by atoms with E-state index >= 15 is 0 Å². The number of allylic oxidation sites excluding steroid dienone is 1. The SMILES string of the molecule is C=CCC1C(=O)N(CC=C)c2nncn2N=C1C. The molecule has 1 unspecified atom stereocenters. The zero-order valence-corrected chi connectivity index (χ0v) is 10.3. The Kier molecular flexibility index (Phi) is 3.36. The number of hydrogen-bond acceptors (Lipinski definition) is 4. The van der Waals surface area contributed by atoms with E-state index in [-0.39, 0.29) is 11.8 Å². The predicted octanol–water partition coefficient (Wildman–Crippen LogP) is 1.23. The molecule has 1 aliphatic rings. The van der Waals surface area contributed by atoms with Crippen LogP contribution in [0.2, 0.25) is 0 Å². The summed E-state index contributed by atoms with van der Waals surface area (Å²) in [6, 6.07) is 0. The lowest BCUT2D eigenvalue weighted by molar-refractivity contribution is -0.120. The fraction of sp³-hybridized carbons (Fsp3) is 0.333. The first-order valence-corrected chi connectivity index (χ1v) is 5.67. The molecular formula is C12H15N5O. The van der Waals surface area contributed by atoms with Gasteiger partial charge in [-0.25, -0.2) is 0 Å². The highest BCUT2D eigenvalue weighted by molar-refractivity contribution is 6.10. The van der Waals surface area contributed by atoms with E-state index in [1.54, 1.807) is 12.2 Å². The maximum Gasteiger partial charge on any atom is 0.255 e. The van der Waals surface area contributed by atoms with Gasteiger partial charge in [-0.1, -0.05) is 12.2 Å². The minimum atomic E-state index is -0.302. The molecule has 0 bridgehead atoms. The summed E-state index contributed by atoms with van der Waals surface area (Å²) in [7, 11) is 0. The van der Waals surface area contributed by atoms with Crippen molar-refractivity contribution in [1.29, 1.82) is 0 Å². The van der Waals surface area contributed by atoms with Crippen molar-refractivity contribution in [2.45, 2.75) is 13.3 Å². The zero-order valence-electron chi connectivity index (χ0n) is 10.3. The molecule has 6 nitrogen and oxygen atoms in total. The summed E-state index contributed by atoms with van der Waals surface area (Å²) >= 11 is 0. The van der Waals surface area contributed by atoms with Crippen molar-refractivity contribution in [3.8, 4) is 0 Å². The molecule has 0 N–H and O–H groups in total. The van der Waals surface area contributed by atoms with Gasteiger partial charge in [-0.05, 0) is 13.3 Å². The Balaban J connectivity index is 2.48. The normalized spacial score (nSPS) is 18.9. The molecule has 18 heavy (non-hydrogen) atoms. The van der Waals surface area contributed by atoms with E-state index in [0.717, 1.165) is 5.71 Å². The van der Waals surface area contributed by atoms with Crippen LogP contribution >= 0.6 is 0 Å². The molecule has 0 saturated carbocycles. The van der Waals surface area contributed by atoms with Crippen LogP contribution in [0.5, 0.6) is 0 Å². The molecule has 0 radical (unpaired) electrons. The third kappa shape index (κ3) is 1.97. The molecule has 0 aliphatic carbocycles. The lowest BCUT2D eigenvalue weighted by Gasteiger charge is -2.20. The number of hydrogen-bond donors (Lipinski definition) is 0. The smallest absolute Gasteiger partial charge is 0.255 e. The highest BCUT2D eigenvalue weighted by Gasteiger charge is 2.31. The summed E-state index contributed by atoms with van der Waals surface area (Å²) in [5, 5.41) is 12.1. The molecule has 1 aromatic rings. The summed E-state index contributed by atoms with van der Waals surface area (Å²) < 4.78 is 1.51. The number of carbonyl (C=O) groups excluding carboxylic acids is 1. The van der Waals surface area contributed by atoms with Gasteiger partial charge in [-0.2, -0.15) is 9.78 Å². The summed E-state index contributed by atoms with van der Waals surface area (Å²) in [5.41, 5.74) is 0.729. The number of fused-ring (bicyclic) bond motifs is 1. The van der Waals surface area contributed by atoms with Crippen molar-refractivity contribution < 1.29 is 4.79 Å². The fourth-order valence-corrected chi connectivity index (χ4v) is 1.92. The summed E-state index contributed by atoms with van der Waals surface area (Å²) in [4.78, 5) is 14.0. The third-order valence-electron chi connectivity index (χ3n) is 2.80. The molecule has 0 spiro atoms. The molecule has 1 aliphatic heterocycles. The second-order valence-corrected chi connectivity index (χ2v) is 4.03. The molecular weight excluding hydrogens is 230 g/mol. The summed E-state index contributed by atoms with van der Waals surface area (Å²) in [6.07, 6.45) is 5.42. The monoisotopic (exact) mass is 245 g/mol. The standard InChI is InChI=1S/C12H15N5O/c1-4-6-10-9(3)15-17-8-13-14-12(17)16(7-5-2)11(10)18/h4-5,8,10H,1-2,6-7H2,3H3. The lowest BCUT2D eigenvalue weighted by atomic mass is 9.99. The van der Waals surface area contributed by atoms with Crippen LogP contribution in [0.3, 0.4) is 0 Å². The number of amides is 1. The van der Waals surface area contributed by atoms with E-state index in [1.165, 1.54) is 15.9 Å². The van der Waals surface area contributed by atoms with E-state index < -0.39 is 0 Å². The Bertz CT molecular complexity index is 516. The first-order valence-electron chi connectivity index (χ1n) is 5.67. The average Bonchev–Trinajstić information content (AvgIpc) is 2.76. The van der Waals surface area contributed by atoms with Crippen LogP contribution in [0.25, 0.3) is 0 Å². The van der Waals surface area contributed by atoms with Crippen LogP contribution in [0.15, 0.2) is 36.7 Å². The number of carbonyl (C=O) groups is 1. The molecule has 94 valence electrons. The highest BCUT2D eigenvalue weighted by atomic mass is 16.2. The fourth-order valence-electron chi connectivity index (χ4n) is 1.92. The number of rotatable bonds is 4. The lowest BCUT2D eigenvalue weighted by Crippen LogP contribution is -2.38. The highest BCUT2D eigenvalue weighted by Crippen LogP contribution is 2.21. The topological polar surface area (TPSA) is 63.4 Å². The Labute approximate surface area is 105 Å². The summed E-state index contributed by atoms with van der Waals surface area (Å²) in [5.74, 6) is 0.0674. The van der Waals surface area contributed by atoms with Crippen molar-refractivity contribution in [2.24, 2.45) is 11.0 Å². The van der Waals surface area contributed by atoms with Crippen molar-refractivity contribution in [2.75, 3.05) is 11.4 Å². The molecule has 0 aromatic carbocycles. The Hall–Kier alpha value is -2.24. The van der Waals surface area contributed by atoms with Gasteiger partial charge in [0.1, 0.15) is 6.33 Å². The number of nitrogens with zero attached hydrogens (tertiary/aromatic N) is 5. The molecule has 2 rings (SSSR count). The van der Waals surface area contributed by atoms with Gasteiger partial charge in [-0.3, -0.25) is 9.69 Å². The maximum absolute atomic E-state index is 12.5. The van der Waals surface area contributed by atoms with Gasteiger partial charge in [0, 0.05) is 12.3 Å². The van der Waals surface area contributed by atoms with Crippen molar-refractivity contribution in [1.82, 2.24) is 14.9 Å². The molecule has 1 atom stereocenters. The molecule has 0 fully saturated rings. The third-order valence-corrected chi connectivity index (χ3v) is 2.80. The van der Waals surface area contributed by atoms with E-state index in [0.29, 0.717) is 18.9 Å². The quantitative estimate of drug-likeness (QED) is 0.749. The first kappa shape index (κ1) is 12.2. The van der Waals surface area contributed by atoms with Gasteiger partial charge in [0.25, 0.3) is 5.95 Å². The van der Waals surface area contributed by atoms with E-state index in [1.807, 2.05) is 6.92 Å². The van der Waals surface area contributed by atoms with Crippen LogP contribution in [0.1, 0.15) is 13.3 Å². The second-order valence-electron chi connectivity index (χ2n) is 4.03. The second kappa shape index (κ2) is 4.95. The molecule has 0 saturated heterocycles. The van der Waals surface area contributed by atoms with Gasteiger partial charge in [0.2, 0.25) is 5.91 Å². The number of aromatic nitrogens is 3. The van der Waals surface area contributed by atoms with Crippen LogP contribution in [-0.4, -0.2) is 33.0 Å². The number of anilines is 1.